The molecule has 3 aromatic rings. The van der Waals surface area contributed by atoms with Crippen molar-refractivity contribution in [1.82, 2.24) is 14.5 Å². The summed E-state index contributed by atoms with van der Waals surface area (Å²) in [4.78, 5) is 22.9. The highest BCUT2D eigenvalue weighted by Gasteiger charge is 2.28. The number of aromatic nitrogens is 2. The van der Waals surface area contributed by atoms with Gasteiger partial charge in [0.2, 0.25) is 5.95 Å². The van der Waals surface area contributed by atoms with Crippen molar-refractivity contribution in [2.75, 3.05) is 31.8 Å². The maximum absolute atomic E-state index is 13.6. The van der Waals surface area contributed by atoms with Crippen LogP contribution < -0.4 is 10.5 Å². The minimum Gasteiger partial charge on any atom is -0.383 e. The van der Waals surface area contributed by atoms with Crippen molar-refractivity contribution >= 4 is 11.6 Å². The summed E-state index contributed by atoms with van der Waals surface area (Å²) in [5.74, 6) is 0.708. The Hall–Kier alpha value is -2.96. The van der Waals surface area contributed by atoms with Crippen LogP contribution in [0.5, 0.6) is 0 Å². The van der Waals surface area contributed by atoms with Gasteiger partial charge in [-0.1, -0.05) is 48.0 Å². The number of benzene rings is 2. The van der Waals surface area contributed by atoms with Gasteiger partial charge in [-0.05, 0) is 38.0 Å². The molecule has 0 atom stereocenters. The molecule has 1 aliphatic heterocycles. The predicted octanol–water partition coefficient (Wildman–Crippen LogP) is 3.77. The zero-order valence-corrected chi connectivity index (χ0v) is 18.8. The van der Waals surface area contributed by atoms with Gasteiger partial charge < -0.3 is 4.74 Å². The van der Waals surface area contributed by atoms with Crippen LogP contribution in [-0.2, 0) is 17.8 Å². The Kier molecular flexibility index (Phi) is 6.20. The lowest BCUT2D eigenvalue weighted by Crippen LogP contribution is -2.49. The van der Waals surface area contributed by atoms with Gasteiger partial charge in [0, 0.05) is 31.3 Å². The fourth-order valence-corrected chi connectivity index (χ4v) is 4.19. The molecule has 0 unspecified atom stereocenters. The Bertz CT molecular complexity index is 1120. The molecule has 1 aliphatic rings. The van der Waals surface area contributed by atoms with Crippen LogP contribution in [0.2, 0.25) is 0 Å². The van der Waals surface area contributed by atoms with Gasteiger partial charge in [-0.3, -0.25) is 19.2 Å². The number of hydrogen-bond donors (Lipinski definition) is 0. The standard InChI is InChI=1S/C25H30N4O2/c1-18-10-11-23(19(2)14-18)28-16-27(12-13-31-4)17-29-24(30)22(20(3)26-25(28)29)15-21-8-6-5-7-9-21/h5-11,14H,12-13,15-17H2,1-4H3. The lowest BCUT2D eigenvalue weighted by Gasteiger charge is -2.39. The molecule has 1 aromatic heterocycles. The third-order valence-corrected chi connectivity index (χ3v) is 5.85. The van der Waals surface area contributed by atoms with Crippen molar-refractivity contribution in [3.63, 3.8) is 0 Å². The summed E-state index contributed by atoms with van der Waals surface area (Å²) in [7, 11) is 1.70. The Morgan fingerprint density at radius 2 is 1.81 bits per heavy atom. The number of anilines is 2. The van der Waals surface area contributed by atoms with E-state index in [-0.39, 0.29) is 5.56 Å². The van der Waals surface area contributed by atoms with Gasteiger partial charge >= 0.3 is 0 Å². The number of fused-ring (bicyclic) bond motifs is 1. The van der Waals surface area contributed by atoms with Crippen LogP contribution in [0.15, 0.2) is 53.3 Å². The van der Waals surface area contributed by atoms with Crippen LogP contribution in [0.3, 0.4) is 0 Å². The molecule has 31 heavy (non-hydrogen) atoms. The third-order valence-electron chi connectivity index (χ3n) is 5.85. The highest BCUT2D eigenvalue weighted by Crippen LogP contribution is 2.30. The van der Waals surface area contributed by atoms with E-state index in [0.717, 1.165) is 29.1 Å². The maximum Gasteiger partial charge on any atom is 0.259 e. The van der Waals surface area contributed by atoms with Gasteiger partial charge in [-0.25, -0.2) is 4.98 Å². The monoisotopic (exact) mass is 418 g/mol. The molecule has 4 rings (SSSR count). The zero-order chi connectivity index (χ0) is 22.0. The number of methoxy groups -OCH3 is 1. The van der Waals surface area contributed by atoms with E-state index in [0.29, 0.717) is 32.3 Å². The molecule has 2 aromatic carbocycles. The summed E-state index contributed by atoms with van der Waals surface area (Å²) in [5.41, 5.74) is 6.15. The zero-order valence-electron chi connectivity index (χ0n) is 18.8. The summed E-state index contributed by atoms with van der Waals surface area (Å²) < 4.78 is 7.11. The van der Waals surface area contributed by atoms with Gasteiger partial charge in [0.05, 0.1) is 25.6 Å². The molecule has 6 heteroatoms. The van der Waals surface area contributed by atoms with Crippen molar-refractivity contribution in [2.45, 2.75) is 33.9 Å². The molecular weight excluding hydrogens is 388 g/mol. The predicted molar refractivity (Wildman–Crippen MR) is 124 cm³/mol. The van der Waals surface area contributed by atoms with Crippen LogP contribution in [0, 0.1) is 20.8 Å². The number of aryl methyl sites for hydroxylation is 3. The average Bonchev–Trinajstić information content (AvgIpc) is 2.76. The van der Waals surface area contributed by atoms with Crippen molar-refractivity contribution in [3.05, 3.63) is 86.8 Å². The van der Waals surface area contributed by atoms with Crippen LogP contribution in [0.4, 0.5) is 11.6 Å². The maximum atomic E-state index is 13.6. The second-order valence-electron chi connectivity index (χ2n) is 8.26. The molecule has 0 saturated carbocycles. The van der Waals surface area contributed by atoms with Crippen molar-refractivity contribution in [1.29, 1.82) is 0 Å². The molecule has 0 spiro atoms. The Balaban J connectivity index is 1.81. The van der Waals surface area contributed by atoms with E-state index in [1.54, 1.807) is 7.11 Å². The average molecular weight is 419 g/mol. The molecule has 162 valence electrons. The molecule has 0 aliphatic carbocycles. The fourth-order valence-electron chi connectivity index (χ4n) is 4.19. The lowest BCUT2D eigenvalue weighted by atomic mass is 10.0. The van der Waals surface area contributed by atoms with E-state index in [1.807, 2.05) is 29.7 Å². The summed E-state index contributed by atoms with van der Waals surface area (Å²) in [5, 5.41) is 0. The normalized spacial score (nSPS) is 14.0. The molecule has 0 N–H and O–H groups in total. The molecule has 0 radical (unpaired) electrons. The van der Waals surface area contributed by atoms with E-state index < -0.39 is 0 Å². The van der Waals surface area contributed by atoms with Gasteiger partial charge in [0.25, 0.3) is 5.56 Å². The first-order valence-electron chi connectivity index (χ1n) is 10.7. The second-order valence-corrected chi connectivity index (χ2v) is 8.26. The van der Waals surface area contributed by atoms with E-state index in [1.165, 1.54) is 11.1 Å². The van der Waals surface area contributed by atoms with Crippen LogP contribution in [-0.4, -0.2) is 41.4 Å². The second kappa shape index (κ2) is 9.04. The van der Waals surface area contributed by atoms with Gasteiger partial charge in [0.1, 0.15) is 0 Å². The Labute approximate surface area is 183 Å². The molecule has 0 bridgehead atoms. The first-order valence-corrected chi connectivity index (χ1v) is 10.7. The SMILES string of the molecule is COCCN1CN(c2ccc(C)cc2C)c2nc(C)c(Cc3ccccc3)c(=O)n2C1. The van der Waals surface area contributed by atoms with E-state index in [2.05, 4.69) is 54.0 Å². The largest absolute Gasteiger partial charge is 0.383 e. The third kappa shape index (κ3) is 4.40. The molecule has 0 saturated heterocycles. The van der Waals surface area contributed by atoms with Crippen LogP contribution >= 0.6 is 0 Å². The van der Waals surface area contributed by atoms with Crippen molar-refractivity contribution in [3.8, 4) is 0 Å². The first-order chi connectivity index (χ1) is 15.0. The van der Waals surface area contributed by atoms with Gasteiger partial charge in [-0.15, -0.1) is 0 Å². The van der Waals surface area contributed by atoms with Gasteiger partial charge in [-0.2, -0.15) is 0 Å². The molecule has 0 fully saturated rings. The van der Waals surface area contributed by atoms with Crippen LogP contribution in [0.25, 0.3) is 0 Å². The molecule has 0 amide bonds. The summed E-state index contributed by atoms with van der Waals surface area (Å²) in [6.45, 7) is 8.67. The minimum atomic E-state index is 0.0308. The smallest absolute Gasteiger partial charge is 0.259 e. The Morgan fingerprint density at radius 1 is 1.03 bits per heavy atom. The summed E-state index contributed by atoms with van der Waals surface area (Å²) >= 11 is 0. The summed E-state index contributed by atoms with van der Waals surface area (Å²) in [6, 6.07) is 16.5. The quantitative estimate of drug-likeness (QED) is 0.610. The number of ether oxygens (including phenoxy) is 1. The van der Waals surface area contributed by atoms with E-state index >= 15 is 0 Å². The fraction of sp³-hybridized carbons (Fsp3) is 0.360. The lowest BCUT2D eigenvalue weighted by molar-refractivity contribution is 0.121. The minimum absolute atomic E-state index is 0.0308. The highest BCUT2D eigenvalue weighted by molar-refractivity contribution is 5.63. The van der Waals surface area contributed by atoms with Gasteiger partial charge in [0.15, 0.2) is 0 Å². The first kappa shape index (κ1) is 21.3. The highest BCUT2D eigenvalue weighted by atomic mass is 16.5. The number of hydrogen-bond acceptors (Lipinski definition) is 5. The van der Waals surface area contributed by atoms with E-state index in [4.69, 9.17) is 9.72 Å². The molecular formula is C25H30N4O2. The van der Waals surface area contributed by atoms with Crippen molar-refractivity contribution in [2.24, 2.45) is 0 Å². The Morgan fingerprint density at radius 3 is 2.52 bits per heavy atom. The number of nitrogens with zero attached hydrogens (tertiary/aromatic N) is 4. The molecule has 2 heterocycles. The topological polar surface area (TPSA) is 50.6 Å². The number of rotatable bonds is 6. The van der Waals surface area contributed by atoms with Crippen LogP contribution in [0.1, 0.15) is 27.9 Å². The summed E-state index contributed by atoms with van der Waals surface area (Å²) in [6.07, 6.45) is 0.584. The van der Waals surface area contributed by atoms with Crippen molar-refractivity contribution < 1.29 is 4.74 Å². The molecule has 6 nitrogen and oxygen atoms in total. The van der Waals surface area contributed by atoms with E-state index in [9.17, 15) is 4.79 Å².